The largest absolute Gasteiger partial charge is 0.450 e. The molecule has 1 amide bonds. The molecule has 1 saturated heterocycles. The number of para-hydroxylation sites is 1. The van der Waals surface area contributed by atoms with Crippen LogP contribution in [0, 0.1) is 5.82 Å². The van der Waals surface area contributed by atoms with Gasteiger partial charge in [-0.1, -0.05) is 12.1 Å². The zero-order chi connectivity index (χ0) is 18.1. The van der Waals surface area contributed by atoms with Crippen LogP contribution < -0.4 is 10.2 Å². The fraction of sp³-hybridized carbons (Fsp3) is 0.211. The molecule has 134 valence electrons. The van der Waals surface area contributed by atoms with Crippen LogP contribution in [0.5, 0.6) is 0 Å². The third-order valence-electron chi connectivity index (χ3n) is 4.28. The smallest absolute Gasteiger partial charge is 0.291 e. The molecule has 2 heterocycles. The van der Waals surface area contributed by atoms with E-state index in [2.05, 4.69) is 21.2 Å². The van der Waals surface area contributed by atoms with E-state index in [0.29, 0.717) is 43.3 Å². The Balaban J connectivity index is 1.53. The van der Waals surface area contributed by atoms with E-state index in [9.17, 15) is 9.18 Å². The van der Waals surface area contributed by atoms with Gasteiger partial charge in [0.25, 0.3) is 5.91 Å². The third kappa shape index (κ3) is 3.32. The monoisotopic (exact) mass is 418 g/mol. The van der Waals surface area contributed by atoms with Crippen molar-refractivity contribution in [2.75, 3.05) is 36.5 Å². The molecule has 0 bridgehead atoms. The molecule has 0 aliphatic carbocycles. The number of hydrogen-bond donors (Lipinski definition) is 1. The van der Waals surface area contributed by atoms with Crippen LogP contribution in [0.3, 0.4) is 0 Å². The maximum Gasteiger partial charge on any atom is 0.291 e. The maximum absolute atomic E-state index is 14.4. The Morgan fingerprint density at radius 2 is 1.96 bits per heavy atom. The molecule has 0 atom stereocenters. The van der Waals surface area contributed by atoms with Gasteiger partial charge in [-0.25, -0.2) is 4.39 Å². The highest BCUT2D eigenvalue weighted by atomic mass is 79.9. The van der Waals surface area contributed by atoms with Crippen molar-refractivity contribution in [3.05, 3.63) is 58.5 Å². The van der Waals surface area contributed by atoms with Crippen molar-refractivity contribution in [3.63, 3.8) is 0 Å². The number of ether oxygens (including phenoxy) is 1. The van der Waals surface area contributed by atoms with Gasteiger partial charge in [0.15, 0.2) is 5.76 Å². The Morgan fingerprint density at radius 3 is 2.69 bits per heavy atom. The number of halogens is 2. The van der Waals surface area contributed by atoms with Gasteiger partial charge in [-0.15, -0.1) is 0 Å². The van der Waals surface area contributed by atoms with Crippen LogP contribution >= 0.6 is 15.9 Å². The number of anilines is 2. The number of nitrogens with one attached hydrogen (secondary N) is 1. The summed E-state index contributed by atoms with van der Waals surface area (Å²) in [6, 6.07) is 11.9. The fourth-order valence-corrected chi connectivity index (χ4v) is 3.44. The summed E-state index contributed by atoms with van der Waals surface area (Å²) in [6.45, 7) is 2.46. The molecule has 1 aliphatic heterocycles. The van der Waals surface area contributed by atoms with Gasteiger partial charge >= 0.3 is 0 Å². The van der Waals surface area contributed by atoms with Crippen LogP contribution in [0.25, 0.3) is 11.0 Å². The lowest BCUT2D eigenvalue weighted by atomic mass is 10.2. The fourth-order valence-electron chi connectivity index (χ4n) is 2.98. The second-order valence-electron chi connectivity index (χ2n) is 5.99. The molecule has 1 N–H and O–H groups in total. The Morgan fingerprint density at radius 1 is 1.15 bits per heavy atom. The van der Waals surface area contributed by atoms with Crippen molar-refractivity contribution in [2.24, 2.45) is 0 Å². The Hall–Kier alpha value is -2.38. The highest BCUT2D eigenvalue weighted by Crippen LogP contribution is 2.28. The molecule has 5 nitrogen and oxygen atoms in total. The number of furan rings is 1. The number of morpholine rings is 1. The first-order valence-electron chi connectivity index (χ1n) is 8.23. The second kappa shape index (κ2) is 7.09. The van der Waals surface area contributed by atoms with Crippen LogP contribution in [0.4, 0.5) is 15.8 Å². The molecule has 2 aromatic carbocycles. The number of carbonyl (C=O) groups excluding carboxylic acids is 1. The summed E-state index contributed by atoms with van der Waals surface area (Å²) in [4.78, 5) is 14.4. The van der Waals surface area contributed by atoms with Gasteiger partial charge in [0.05, 0.1) is 23.4 Å². The molecule has 0 unspecified atom stereocenters. The lowest BCUT2D eigenvalue weighted by molar-refractivity contribution is 0.0998. The molecule has 0 saturated carbocycles. The predicted octanol–water partition coefficient (Wildman–Crippen LogP) is 4.42. The molecule has 3 aromatic rings. The number of nitrogens with zero attached hydrogens (tertiary/aromatic N) is 1. The van der Waals surface area contributed by atoms with Crippen LogP contribution in [0.15, 0.2) is 51.4 Å². The van der Waals surface area contributed by atoms with Gasteiger partial charge in [0.1, 0.15) is 11.4 Å². The van der Waals surface area contributed by atoms with Crippen molar-refractivity contribution < 1.29 is 18.3 Å². The van der Waals surface area contributed by atoms with Crippen LogP contribution in [0.2, 0.25) is 0 Å². The van der Waals surface area contributed by atoms with Crippen LogP contribution in [0.1, 0.15) is 10.6 Å². The van der Waals surface area contributed by atoms with Gasteiger partial charge in [-0.2, -0.15) is 0 Å². The number of fused-ring (bicyclic) bond motifs is 1. The molecule has 1 aromatic heterocycles. The zero-order valence-electron chi connectivity index (χ0n) is 13.8. The summed E-state index contributed by atoms with van der Waals surface area (Å²) < 4.78 is 26.1. The number of rotatable bonds is 3. The minimum absolute atomic E-state index is 0.171. The first kappa shape index (κ1) is 17.1. The van der Waals surface area contributed by atoms with E-state index in [-0.39, 0.29) is 11.6 Å². The number of amides is 1. The van der Waals surface area contributed by atoms with E-state index in [1.807, 2.05) is 23.1 Å². The van der Waals surface area contributed by atoms with Crippen LogP contribution in [-0.2, 0) is 4.74 Å². The first-order valence-corrected chi connectivity index (χ1v) is 9.03. The Bertz CT molecular complexity index is 967. The summed E-state index contributed by atoms with van der Waals surface area (Å²) in [7, 11) is 0. The molecule has 0 spiro atoms. The molecule has 26 heavy (non-hydrogen) atoms. The lowest BCUT2D eigenvalue weighted by Gasteiger charge is -2.29. The minimum atomic E-state index is -0.424. The SMILES string of the molecule is O=C(Nc1ccc(N2CCOCC2)c(F)c1)c1cc2cccc(Br)c2o1. The highest BCUT2D eigenvalue weighted by Gasteiger charge is 2.17. The van der Waals surface area contributed by atoms with E-state index < -0.39 is 5.91 Å². The van der Waals surface area contributed by atoms with Gasteiger partial charge in [0, 0.05) is 24.2 Å². The topological polar surface area (TPSA) is 54.7 Å². The Labute approximate surface area is 157 Å². The standard InChI is InChI=1S/C19H16BrFN2O3/c20-14-3-1-2-12-10-17(26-18(12)14)19(24)22-13-4-5-16(15(21)11-13)23-6-8-25-9-7-23/h1-5,10-11H,6-9H2,(H,22,24). The van der Waals surface area contributed by atoms with E-state index in [4.69, 9.17) is 9.15 Å². The maximum atomic E-state index is 14.4. The average molecular weight is 419 g/mol. The van der Waals surface area contributed by atoms with Gasteiger partial charge in [-0.3, -0.25) is 4.79 Å². The van der Waals surface area contributed by atoms with Crippen LogP contribution in [-0.4, -0.2) is 32.2 Å². The molecular weight excluding hydrogens is 403 g/mol. The highest BCUT2D eigenvalue weighted by molar-refractivity contribution is 9.10. The molecular formula is C19H16BrFN2O3. The zero-order valence-corrected chi connectivity index (χ0v) is 15.4. The quantitative estimate of drug-likeness (QED) is 0.683. The van der Waals surface area contributed by atoms with Crippen molar-refractivity contribution in [2.45, 2.75) is 0 Å². The molecule has 7 heteroatoms. The van der Waals surface area contributed by atoms with E-state index in [1.54, 1.807) is 18.2 Å². The average Bonchev–Trinajstić information content (AvgIpc) is 3.08. The van der Waals surface area contributed by atoms with Crippen molar-refractivity contribution >= 4 is 44.2 Å². The minimum Gasteiger partial charge on any atom is -0.450 e. The lowest BCUT2D eigenvalue weighted by Crippen LogP contribution is -2.36. The summed E-state index contributed by atoms with van der Waals surface area (Å²) in [6.07, 6.45) is 0. The van der Waals surface area contributed by atoms with E-state index >= 15 is 0 Å². The second-order valence-corrected chi connectivity index (χ2v) is 6.84. The summed E-state index contributed by atoms with van der Waals surface area (Å²) in [5, 5.41) is 3.50. The number of hydrogen-bond acceptors (Lipinski definition) is 4. The summed E-state index contributed by atoms with van der Waals surface area (Å²) in [5.41, 5.74) is 1.49. The van der Waals surface area contributed by atoms with E-state index in [1.165, 1.54) is 6.07 Å². The van der Waals surface area contributed by atoms with Crippen molar-refractivity contribution in [1.82, 2.24) is 0 Å². The van der Waals surface area contributed by atoms with Crippen molar-refractivity contribution in [1.29, 1.82) is 0 Å². The first-order chi connectivity index (χ1) is 12.6. The summed E-state index contributed by atoms with van der Waals surface area (Å²) in [5.74, 6) is -0.631. The van der Waals surface area contributed by atoms with Gasteiger partial charge in [0.2, 0.25) is 0 Å². The normalized spacial score (nSPS) is 14.6. The third-order valence-corrected chi connectivity index (χ3v) is 4.90. The van der Waals surface area contributed by atoms with Gasteiger partial charge in [-0.05, 0) is 46.3 Å². The van der Waals surface area contributed by atoms with Gasteiger partial charge < -0.3 is 19.4 Å². The molecule has 1 fully saturated rings. The summed E-state index contributed by atoms with van der Waals surface area (Å²) >= 11 is 3.39. The van der Waals surface area contributed by atoms with E-state index in [0.717, 1.165) is 9.86 Å². The molecule has 4 rings (SSSR count). The number of carbonyl (C=O) groups is 1. The predicted molar refractivity (Wildman–Crippen MR) is 101 cm³/mol. The Kier molecular flexibility index (Phi) is 4.65. The molecule has 0 radical (unpaired) electrons. The van der Waals surface area contributed by atoms with Crippen molar-refractivity contribution in [3.8, 4) is 0 Å². The molecule has 1 aliphatic rings. The number of benzene rings is 2.